The van der Waals surface area contributed by atoms with Crippen molar-refractivity contribution in [1.82, 2.24) is 9.78 Å². The highest BCUT2D eigenvalue weighted by Crippen LogP contribution is 2.64. The van der Waals surface area contributed by atoms with Gasteiger partial charge in [0, 0.05) is 23.4 Å². The molecular formula is C28H32N4O3. The van der Waals surface area contributed by atoms with Gasteiger partial charge in [-0.15, -0.1) is 0 Å². The van der Waals surface area contributed by atoms with Crippen LogP contribution in [-0.2, 0) is 27.5 Å². The molecule has 2 aromatic carbocycles. The largest absolute Gasteiger partial charge is 0.441 e. The minimum Gasteiger partial charge on any atom is -0.441 e. The number of esters is 1. The number of nitrogens with two attached hydrogens (primary N) is 1. The molecule has 3 N–H and O–H groups in total. The molecule has 3 aromatic rings. The van der Waals surface area contributed by atoms with Gasteiger partial charge in [0.05, 0.1) is 12.2 Å². The number of hydrogen-bond donors (Lipinski definition) is 2. The number of carbonyl (C=O) groups excluding carboxylic acids is 2. The Bertz CT molecular complexity index is 1290. The summed E-state index contributed by atoms with van der Waals surface area (Å²) in [6.45, 7) is 5.86. The predicted molar refractivity (Wildman–Crippen MR) is 135 cm³/mol. The second kappa shape index (κ2) is 8.96. The quantitative estimate of drug-likeness (QED) is 0.497. The highest BCUT2D eigenvalue weighted by Gasteiger charge is 2.54. The highest BCUT2D eigenvalue weighted by molar-refractivity contribution is 5.92. The van der Waals surface area contributed by atoms with Gasteiger partial charge in [-0.1, -0.05) is 35.9 Å². The minimum atomic E-state index is -0.469. The summed E-state index contributed by atoms with van der Waals surface area (Å²) in [4.78, 5) is 24.4. The summed E-state index contributed by atoms with van der Waals surface area (Å²) in [5.74, 6) is -0.102. The van der Waals surface area contributed by atoms with Crippen LogP contribution in [0.5, 0.6) is 0 Å². The third-order valence-electron chi connectivity index (χ3n) is 7.59. The lowest BCUT2D eigenvalue weighted by Crippen LogP contribution is -2.19. The summed E-state index contributed by atoms with van der Waals surface area (Å²) in [5, 5.41) is 7.60. The van der Waals surface area contributed by atoms with Crippen LogP contribution in [0.15, 0.2) is 42.5 Å². The molecule has 2 aliphatic rings. The van der Waals surface area contributed by atoms with Crippen molar-refractivity contribution in [3.05, 3.63) is 70.5 Å². The van der Waals surface area contributed by atoms with E-state index in [0.29, 0.717) is 17.8 Å². The number of fused-ring (bicyclic) bond motifs is 1. The first-order valence-corrected chi connectivity index (χ1v) is 12.2. The zero-order valence-electron chi connectivity index (χ0n) is 20.6. The third-order valence-corrected chi connectivity index (χ3v) is 7.59. The normalized spacial score (nSPS) is 17.3. The molecule has 0 bridgehead atoms. The van der Waals surface area contributed by atoms with Crippen molar-refractivity contribution < 1.29 is 14.3 Å². The van der Waals surface area contributed by atoms with Crippen molar-refractivity contribution in [3.8, 4) is 11.1 Å². The number of aryl methyl sites for hydroxylation is 2. The van der Waals surface area contributed by atoms with E-state index in [-0.39, 0.29) is 19.2 Å². The van der Waals surface area contributed by atoms with Crippen LogP contribution >= 0.6 is 0 Å². The monoisotopic (exact) mass is 472 g/mol. The Balaban J connectivity index is 1.27. The fourth-order valence-electron chi connectivity index (χ4n) is 5.59. The van der Waals surface area contributed by atoms with E-state index >= 15 is 0 Å². The van der Waals surface area contributed by atoms with Crippen molar-refractivity contribution in [1.29, 1.82) is 0 Å². The van der Waals surface area contributed by atoms with Crippen LogP contribution in [0.1, 0.15) is 53.3 Å². The van der Waals surface area contributed by atoms with Crippen LogP contribution in [0.4, 0.5) is 5.69 Å². The van der Waals surface area contributed by atoms with Gasteiger partial charge < -0.3 is 15.8 Å². The maximum atomic E-state index is 13.0. The molecule has 1 heterocycles. The van der Waals surface area contributed by atoms with Gasteiger partial charge in [-0.25, -0.2) is 4.68 Å². The molecule has 0 aliphatic heterocycles. The van der Waals surface area contributed by atoms with E-state index in [0.717, 1.165) is 34.6 Å². The maximum absolute atomic E-state index is 13.0. The van der Waals surface area contributed by atoms with Gasteiger partial charge in [-0.3, -0.25) is 9.59 Å². The Labute approximate surface area is 205 Å². The van der Waals surface area contributed by atoms with Crippen molar-refractivity contribution in [2.24, 2.45) is 11.1 Å². The molecule has 1 spiro atoms. The maximum Gasteiger partial charge on any atom is 0.321 e. The van der Waals surface area contributed by atoms with Gasteiger partial charge in [0.25, 0.3) is 0 Å². The molecule has 0 radical (unpaired) electrons. The number of carbonyl (C=O) groups is 2. The van der Waals surface area contributed by atoms with E-state index in [1.54, 1.807) is 4.68 Å². The molecule has 1 saturated carbocycles. The van der Waals surface area contributed by atoms with Crippen molar-refractivity contribution in [2.45, 2.75) is 59.1 Å². The fraction of sp³-hybridized carbons (Fsp3) is 0.393. The van der Waals surface area contributed by atoms with Crippen LogP contribution < -0.4 is 11.1 Å². The predicted octanol–water partition coefficient (Wildman–Crippen LogP) is 4.38. The van der Waals surface area contributed by atoms with Gasteiger partial charge in [0.2, 0.25) is 5.91 Å². The molecule has 1 aromatic heterocycles. The molecule has 0 saturated heterocycles. The number of amides is 1. The number of benzene rings is 2. The molecule has 35 heavy (non-hydrogen) atoms. The summed E-state index contributed by atoms with van der Waals surface area (Å²) >= 11 is 0. The summed E-state index contributed by atoms with van der Waals surface area (Å²) in [6, 6.07) is 14.5. The third kappa shape index (κ3) is 4.48. The molecule has 1 unspecified atom stereocenters. The van der Waals surface area contributed by atoms with Gasteiger partial charge >= 0.3 is 5.97 Å². The van der Waals surface area contributed by atoms with Crippen LogP contribution in [0.3, 0.4) is 0 Å². The van der Waals surface area contributed by atoms with Crippen molar-refractivity contribution >= 4 is 17.6 Å². The van der Waals surface area contributed by atoms with Crippen LogP contribution in [0.25, 0.3) is 11.1 Å². The average molecular weight is 473 g/mol. The van der Waals surface area contributed by atoms with E-state index in [2.05, 4.69) is 35.5 Å². The first-order chi connectivity index (χ1) is 16.8. The van der Waals surface area contributed by atoms with E-state index < -0.39 is 5.97 Å². The molecule has 1 fully saturated rings. The molecule has 1 amide bonds. The second-order valence-corrected chi connectivity index (χ2v) is 10.0. The summed E-state index contributed by atoms with van der Waals surface area (Å²) in [5.41, 5.74) is 14.1. The first kappa shape index (κ1) is 23.3. The van der Waals surface area contributed by atoms with Crippen LogP contribution in [0, 0.1) is 26.2 Å². The van der Waals surface area contributed by atoms with Gasteiger partial charge in [0.15, 0.2) is 6.73 Å². The van der Waals surface area contributed by atoms with E-state index in [1.807, 2.05) is 38.1 Å². The minimum absolute atomic E-state index is 0.0299. The Hall–Kier alpha value is -3.45. The molecule has 7 heteroatoms. The zero-order valence-corrected chi connectivity index (χ0v) is 20.6. The summed E-state index contributed by atoms with van der Waals surface area (Å²) < 4.78 is 6.77. The first-order valence-electron chi connectivity index (χ1n) is 12.2. The molecule has 7 nitrogen and oxygen atoms in total. The standard InChI is InChI=1S/C28H32N4O3/c1-17-4-5-21-14-28(10-11-28)24(23(21)12-17)13-25(33)30-22-8-6-20(7-9-22)27-18(2)31-32(19(27)3)16-35-26(34)15-29/h4-9,12,24H,10-11,13-16,29H2,1-3H3,(H,30,33). The molecular weight excluding hydrogens is 440 g/mol. The van der Waals surface area contributed by atoms with Crippen LogP contribution in [0.2, 0.25) is 0 Å². The van der Waals surface area contributed by atoms with Crippen molar-refractivity contribution in [2.75, 3.05) is 11.9 Å². The lowest BCUT2D eigenvalue weighted by atomic mass is 9.86. The summed E-state index contributed by atoms with van der Waals surface area (Å²) in [7, 11) is 0. The molecule has 2 aliphatic carbocycles. The van der Waals surface area contributed by atoms with E-state index in [9.17, 15) is 9.59 Å². The Morgan fingerprint density at radius 2 is 1.89 bits per heavy atom. The molecule has 5 rings (SSSR count). The Morgan fingerprint density at radius 1 is 1.14 bits per heavy atom. The number of nitrogens with zero attached hydrogens (tertiary/aromatic N) is 2. The molecule has 1 atom stereocenters. The number of ether oxygens (including phenoxy) is 1. The average Bonchev–Trinajstić information content (AvgIpc) is 3.48. The van der Waals surface area contributed by atoms with Crippen molar-refractivity contribution in [3.63, 3.8) is 0 Å². The van der Waals surface area contributed by atoms with Crippen LogP contribution in [-0.4, -0.2) is 28.2 Å². The lowest BCUT2D eigenvalue weighted by molar-refractivity contribution is -0.146. The highest BCUT2D eigenvalue weighted by atomic mass is 16.5. The number of anilines is 1. The number of rotatable bonds is 7. The second-order valence-electron chi connectivity index (χ2n) is 10.0. The Kier molecular flexibility index (Phi) is 5.97. The molecule has 182 valence electrons. The number of hydrogen-bond acceptors (Lipinski definition) is 5. The smallest absolute Gasteiger partial charge is 0.321 e. The topological polar surface area (TPSA) is 99.2 Å². The lowest BCUT2D eigenvalue weighted by Gasteiger charge is -2.19. The van der Waals surface area contributed by atoms with E-state index in [4.69, 9.17) is 10.5 Å². The summed E-state index contributed by atoms with van der Waals surface area (Å²) in [6.07, 6.45) is 4.05. The van der Waals surface area contributed by atoms with Gasteiger partial charge in [-0.05, 0) is 80.2 Å². The zero-order chi connectivity index (χ0) is 24.7. The Morgan fingerprint density at radius 3 is 2.57 bits per heavy atom. The van der Waals surface area contributed by atoms with Gasteiger partial charge in [-0.2, -0.15) is 5.10 Å². The SMILES string of the molecule is Cc1ccc2c(c1)C(CC(=O)Nc1ccc(-c3c(C)nn(COC(=O)CN)c3C)cc1)C1(CC1)C2. The van der Waals surface area contributed by atoms with Gasteiger partial charge in [0.1, 0.15) is 0 Å². The number of nitrogens with one attached hydrogen (secondary N) is 1. The fourth-order valence-corrected chi connectivity index (χ4v) is 5.59. The van der Waals surface area contributed by atoms with E-state index in [1.165, 1.54) is 29.5 Å². The number of aromatic nitrogens is 2.